The maximum atomic E-state index is 5.54. The van der Waals surface area contributed by atoms with Crippen LogP contribution in [0.25, 0.3) is 0 Å². The Balaban J connectivity index is 1.71. The van der Waals surface area contributed by atoms with Gasteiger partial charge in [0.25, 0.3) is 0 Å². The van der Waals surface area contributed by atoms with Gasteiger partial charge in [-0.05, 0) is 36.6 Å². The van der Waals surface area contributed by atoms with Crippen LogP contribution in [0.1, 0.15) is 30.5 Å². The van der Waals surface area contributed by atoms with Crippen LogP contribution in [0.5, 0.6) is 0 Å². The summed E-state index contributed by atoms with van der Waals surface area (Å²) in [5.41, 5.74) is 7.79. The monoisotopic (exact) mass is 205 g/mol. The van der Waals surface area contributed by atoms with E-state index in [2.05, 4.69) is 16.4 Å². The SMILES string of the molecule is NCc1cc(CNCCC2CC2)ccn1. The first-order valence-electron chi connectivity index (χ1n) is 5.73. The van der Waals surface area contributed by atoms with Gasteiger partial charge < -0.3 is 11.1 Å². The lowest BCUT2D eigenvalue weighted by atomic mass is 10.2. The third-order valence-corrected chi connectivity index (χ3v) is 2.85. The zero-order valence-electron chi connectivity index (χ0n) is 9.08. The molecule has 0 saturated heterocycles. The minimum Gasteiger partial charge on any atom is -0.325 e. The van der Waals surface area contributed by atoms with Crippen molar-refractivity contribution in [1.29, 1.82) is 0 Å². The van der Waals surface area contributed by atoms with Crippen LogP contribution in [-0.4, -0.2) is 11.5 Å². The Hall–Kier alpha value is -0.930. The largest absolute Gasteiger partial charge is 0.325 e. The van der Waals surface area contributed by atoms with Gasteiger partial charge in [-0.3, -0.25) is 4.98 Å². The first-order valence-corrected chi connectivity index (χ1v) is 5.73. The van der Waals surface area contributed by atoms with Gasteiger partial charge in [-0.1, -0.05) is 12.8 Å². The van der Waals surface area contributed by atoms with Crippen LogP contribution in [0, 0.1) is 5.92 Å². The highest BCUT2D eigenvalue weighted by molar-refractivity contribution is 5.15. The molecule has 3 heteroatoms. The van der Waals surface area contributed by atoms with E-state index >= 15 is 0 Å². The fourth-order valence-electron chi connectivity index (χ4n) is 1.70. The fourth-order valence-corrected chi connectivity index (χ4v) is 1.70. The van der Waals surface area contributed by atoms with Crippen LogP contribution in [0.15, 0.2) is 18.3 Å². The zero-order valence-corrected chi connectivity index (χ0v) is 9.08. The molecule has 0 unspecified atom stereocenters. The summed E-state index contributed by atoms with van der Waals surface area (Å²) in [7, 11) is 0. The number of nitrogens with zero attached hydrogens (tertiary/aromatic N) is 1. The molecule has 0 aliphatic heterocycles. The van der Waals surface area contributed by atoms with Crippen molar-refractivity contribution in [2.24, 2.45) is 11.7 Å². The molecule has 0 amide bonds. The minimum absolute atomic E-state index is 0.524. The van der Waals surface area contributed by atoms with E-state index in [1.54, 1.807) is 0 Å². The van der Waals surface area contributed by atoms with E-state index < -0.39 is 0 Å². The Morgan fingerprint density at radius 1 is 1.47 bits per heavy atom. The molecule has 1 aromatic heterocycles. The van der Waals surface area contributed by atoms with Crippen LogP contribution in [0.2, 0.25) is 0 Å². The molecule has 1 aliphatic rings. The van der Waals surface area contributed by atoms with Gasteiger partial charge in [0.1, 0.15) is 0 Å². The average Bonchev–Trinajstić information content (AvgIpc) is 3.09. The number of nitrogens with two attached hydrogens (primary N) is 1. The zero-order chi connectivity index (χ0) is 10.5. The van der Waals surface area contributed by atoms with E-state index in [0.29, 0.717) is 6.54 Å². The predicted octanol–water partition coefficient (Wildman–Crippen LogP) is 1.43. The lowest BCUT2D eigenvalue weighted by Gasteiger charge is -2.05. The quantitative estimate of drug-likeness (QED) is 0.691. The molecule has 1 fully saturated rings. The Bertz CT molecular complexity index is 307. The fraction of sp³-hybridized carbons (Fsp3) is 0.583. The first kappa shape index (κ1) is 10.6. The van der Waals surface area contributed by atoms with Gasteiger partial charge in [-0.15, -0.1) is 0 Å². The third-order valence-electron chi connectivity index (χ3n) is 2.85. The summed E-state index contributed by atoms with van der Waals surface area (Å²) in [5, 5.41) is 3.46. The normalized spacial score (nSPS) is 15.5. The summed E-state index contributed by atoms with van der Waals surface area (Å²) >= 11 is 0. The summed E-state index contributed by atoms with van der Waals surface area (Å²) in [4.78, 5) is 4.17. The Morgan fingerprint density at radius 3 is 3.07 bits per heavy atom. The Labute approximate surface area is 91.1 Å². The molecule has 0 atom stereocenters. The molecule has 1 heterocycles. The molecule has 1 aliphatic carbocycles. The second-order valence-corrected chi connectivity index (χ2v) is 4.27. The Morgan fingerprint density at radius 2 is 2.33 bits per heavy atom. The molecular weight excluding hydrogens is 186 g/mol. The second kappa shape index (κ2) is 5.24. The molecule has 15 heavy (non-hydrogen) atoms. The van der Waals surface area contributed by atoms with Crippen molar-refractivity contribution in [1.82, 2.24) is 10.3 Å². The average molecular weight is 205 g/mol. The summed E-state index contributed by atoms with van der Waals surface area (Å²) in [6, 6.07) is 4.12. The van der Waals surface area contributed by atoms with Crippen LogP contribution in [0.4, 0.5) is 0 Å². The van der Waals surface area contributed by atoms with Crippen molar-refractivity contribution in [3.8, 4) is 0 Å². The molecule has 0 radical (unpaired) electrons. The van der Waals surface area contributed by atoms with Gasteiger partial charge in [0.2, 0.25) is 0 Å². The number of aromatic nitrogens is 1. The molecule has 82 valence electrons. The van der Waals surface area contributed by atoms with E-state index in [4.69, 9.17) is 5.73 Å². The van der Waals surface area contributed by atoms with Crippen LogP contribution in [0.3, 0.4) is 0 Å². The lowest BCUT2D eigenvalue weighted by Crippen LogP contribution is -2.15. The van der Waals surface area contributed by atoms with Crippen molar-refractivity contribution < 1.29 is 0 Å². The minimum atomic E-state index is 0.524. The maximum Gasteiger partial charge on any atom is 0.0542 e. The van der Waals surface area contributed by atoms with Crippen molar-refractivity contribution in [3.05, 3.63) is 29.6 Å². The number of rotatable bonds is 6. The van der Waals surface area contributed by atoms with Crippen LogP contribution < -0.4 is 11.1 Å². The van der Waals surface area contributed by atoms with Crippen molar-refractivity contribution in [2.45, 2.75) is 32.4 Å². The van der Waals surface area contributed by atoms with Crippen molar-refractivity contribution in [3.63, 3.8) is 0 Å². The summed E-state index contributed by atoms with van der Waals surface area (Å²) < 4.78 is 0. The second-order valence-electron chi connectivity index (χ2n) is 4.27. The molecule has 3 nitrogen and oxygen atoms in total. The van der Waals surface area contributed by atoms with Gasteiger partial charge in [0.15, 0.2) is 0 Å². The summed E-state index contributed by atoms with van der Waals surface area (Å²) in [6.45, 7) is 2.59. The highest BCUT2D eigenvalue weighted by Gasteiger charge is 2.19. The number of nitrogens with one attached hydrogen (secondary N) is 1. The van der Waals surface area contributed by atoms with Gasteiger partial charge in [0.05, 0.1) is 5.69 Å². The molecule has 3 N–H and O–H groups in total. The van der Waals surface area contributed by atoms with E-state index in [0.717, 1.165) is 24.7 Å². The standard InChI is InChI=1S/C12H19N3/c13-8-12-7-11(4-6-15-12)9-14-5-3-10-1-2-10/h4,6-7,10,14H,1-3,5,8-9,13H2. The topological polar surface area (TPSA) is 50.9 Å². The van der Waals surface area contributed by atoms with Crippen molar-refractivity contribution >= 4 is 0 Å². The predicted molar refractivity (Wildman–Crippen MR) is 61.2 cm³/mol. The highest BCUT2D eigenvalue weighted by atomic mass is 14.8. The van der Waals surface area contributed by atoms with E-state index in [1.165, 1.54) is 24.8 Å². The van der Waals surface area contributed by atoms with E-state index in [9.17, 15) is 0 Å². The van der Waals surface area contributed by atoms with Crippen LogP contribution in [-0.2, 0) is 13.1 Å². The van der Waals surface area contributed by atoms with E-state index in [-0.39, 0.29) is 0 Å². The number of pyridine rings is 1. The summed E-state index contributed by atoms with van der Waals surface area (Å²) in [6.07, 6.45) is 6.04. The number of hydrogen-bond donors (Lipinski definition) is 2. The van der Waals surface area contributed by atoms with Gasteiger partial charge in [-0.25, -0.2) is 0 Å². The summed E-state index contributed by atoms with van der Waals surface area (Å²) in [5.74, 6) is 1.01. The van der Waals surface area contributed by atoms with Gasteiger partial charge >= 0.3 is 0 Å². The molecule has 0 spiro atoms. The molecule has 0 bridgehead atoms. The molecule has 1 aromatic rings. The number of hydrogen-bond acceptors (Lipinski definition) is 3. The van der Waals surface area contributed by atoms with Gasteiger partial charge in [-0.2, -0.15) is 0 Å². The molecule has 2 rings (SSSR count). The first-order chi connectivity index (χ1) is 7.38. The van der Waals surface area contributed by atoms with Gasteiger partial charge in [0, 0.05) is 19.3 Å². The molecule has 1 saturated carbocycles. The molecular formula is C12H19N3. The lowest BCUT2D eigenvalue weighted by molar-refractivity contribution is 0.612. The highest BCUT2D eigenvalue weighted by Crippen LogP contribution is 2.31. The maximum absolute atomic E-state index is 5.54. The van der Waals surface area contributed by atoms with Crippen molar-refractivity contribution in [2.75, 3.05) is 6.54 Å². The smallest absolute Gasteiger partial charge is 0.0542 e. The molecule has 0 aromatic carbocycles. The Kier molecular flexibility index (Phi) is 3.69. The van der Waals surface area contributed by atoms with E-state index in [1.807, 2.05) is 12.3 Å². The third kappa shape index (κ3) is 3.61. The van der Waals surface area contributed by atoms with Crippen LogP contribution >= 0.6 is 0 Å².